The van der Waals surface area contributed by atoms with E-state index < -0.39 is 0 Å². The van der Waals surface area contributed by atoms with Gasteiger partial charge in [-0.25, -0.2) is 0 Å². The Balaban J connectivity index is 2.76. The van der Waals surface area contributed by atoms with Crippen LogP contribution in [0.25, 0.3) is 0 Å². The number of carbonyl (C=O) groups excluding carboxylic acids is 1. The number of hydrogen-bond acceptors (Lipinski definition) is 3. The summed E-state index contributed by atoms with van der Waals surface area (Å²) in [6.07, 6.45) is 1.60. The molecule has 0 saturated heterocycles. The first-order valence-corrected chi connectivity index (χ1v) is 6.14. The standard InChI is InChI=1S/C11H17BrN2O2/c1-3-11(4-2,7-13)14-10(15)8-5-6-9(12)16-8/h5-6H,3-4,7,13H2,1-2H3,(H,14,15). The molecular formula is C11H17BrN2O2. The maximum Gasteiger partial charge on any atom is 0.287 e. The highest BCUT2D eigenvalue weighted by molar-refractivity contribution is 9.10. The molecule has 0 spiro atoms. The third-order valence-electron chi connectivity index (χ3n) is 2.92. The van der Waals surface area contributed by atoms with Crippen molar-refractivity contribution in [3.05, 3.63) is 22.6 Å². The van der Waals surface area contributed by atoms with Crippen LogP contribution in [0, 0.1) is 0 Å². The van der Waals surface area contributed by atoms with Crippen LogP contribution >= 0.6 is 15.9 Å². The summed E-state index contributed by atoms with van der Waals surface area (Å²) in [7, 11) is 0. The molecule has 5 heteroatoms. The van der Waals surface area contributed by atoms with E-state index in [0.29, 0.717) is 17.0 Å². The van der Waals surface area contributed by atoms with Crippen LogP contribution in [-0.4, -0.2) is 18.0 Å². The van der Waals surface area contributed by atoms with Gasteiger partial charge in [-0.3, -0.25) is 4.79 Å². The van der Waals surface area contributed by atoms with Gasteiger partial charge in [0.15, 0.2) is 10.4 Å². The second kappa shape index (κ2) is 5.50. The van der Waals surface area contributed by atoms with E-state index in [-0.39, 0.29) is 11.4 Å². The molecule has 0 aliphatic carbocycles. The summed E-state index contributed by atoms with van der Waals surface area (Å²) in [4.78, 5) is 11.9. The number of carbonyl (C=O) groups is 1. The van der Waals surface area contributed by atoms with Crippen molar-refractivity contribution in [2.45, 2.75) is 32.2 Å². The zero-order valence-electron chi connectivity index (χ0n) is 9.55. The quantitative estimate of drug-likeness (QED) is 0.873. The first-order valence-electron chi connectivity index (χ1n) is 5.35. The molecule has 90 valence electrons. The molecule has 0 bridgehead atoms. The fourth-order valence-corrected chi connectivity index (χ4v) is 1.81. The molecule has 1 aromatic heterocycles. The third kappa shape index (κ3) is 2.86. The molecule has 0 unspecified atom stereocenters. The van der Waals surface area contributed by atoms with Gasteiger partial charge >= 0.3 is 0 Å². The Kier molecular flexibility index (Phi) is 4.56. The third-order valence-corrected chi connectivity index (χ3v) is 3.35. The van der Waals surface area contributed by atoms with Gasteiger partial charge in [-0.1, -0.05) is 13.8 Å². The average molecular weight is 289 g/mol. The molecule has 1 aromatic rings. The molecule has 0 atom stereocenters. The van der Waals surface area contributed by atoms with Crippen molar-refractivity contribution < 1.29 is 9.21 Å². The number of rotatable bonds is 5. The second-order valence-electron chi connectivity index (χ2n) is 3.75. The van der Waals surface area contributed by atoms with Crippen molar-refractivity contribution in [2.75, 3.05) is 6.54 Å². The topological polar surface area (TPSA) is 68.3 Å². The normalized spacial score (nSPS) is 11.5. The summed E-state index contributed by atoms with van der Waals surface area (Å²) in [5.74, 6) is 0.0754. The van der Waals surface area contributed by atoms with Crippen LogP contribution in [-0.2, 0) is 0 Å². The maximum absolute atomic E-state index is 11.9. The van der Waals surface area contributed by atoms with Gasteiger partial charge < -0.3 is 15.5 Å². The van der Waals surface area contributed by atoms with Gasteiger partial charge in [0.2, 0.25) is 0 Å². The fraction of sp³-hybridized carbons (Fsp3) is 0.545. The molecule has 1 rings (SSSR count). The largest absolute Gasteiger partial charge is 0.444 e. The monoisotopic (exact) mass is 288 g/mol. The van der Waals surface area contributed by atoms with Crippen LogP contribution in [0.4, 0.5) is 0 Å². The molecule has 4 nitrogen and oxygen atoms in total. The molecule has 0 aliphatic heterocycles. The van der Waals surface area contributed by atoms with Gasteiger partial charge in [0.25, 0.3) is 5.91 Å². The summed E-state index contributed by atoms with van der Waals surface area (Å²) < 4.78 is 5.73. The lowest BCUT2D eigenvalue weighted by molar-refractivity contribution is 0.0865. The van der Waals surface area contributed by atoms with E-state index in [1.54, 1.807) is 12.1 Å². The molecule has 0 radical (unpaired) electrons. The molecular weight excluding hydrogens is 272 g/mol. The summed E-state index contributed by atoms with van der Waals surface area (Å²) in [6, 6.07) is 3.32. The van der Waals surface area contributed by atoms with E-state index in [4.69, 9.17) is 10.2 Å². The first-order chi connectivity index (χ1) is 7.56. The Morgan fingerprint density at radius 2 is 2.12 bits per heavy atom. The van der Waals surface area contributed by atoms with E-state index in [1.807, 2.05) is 13.8 Å². The molecule has 16 heavy (non-hydrogen) atoms. The summed E-state index contributed by atoms with van der Waals surface area (Å²) >= 11 is 3.16. The van der Waals surface area contributed by atoms with Crippen LogP contribution in [0.2, 0.25) is 0 Å². The number of hydrogen-bond donors (Lipinski definition) is 2. The van der Waals surface area contributed by atoms with Crippen molar-refractivity contribution in [3.63, 3.8) is 0 Å². The molecule has 0 aromatic carbocycles. The van der Waals surface area contributed by atoms with E-state index in [0.717, 1.165) is 12.8 Å². The van der Waals surface area contributed by atoms with Crippen LogP contribution in [0.5, 0.6) is 0 Å². The van der Waals surface area contributed by atoms with Crippen molar-refractivity contribution in [1.29, 1.82) is 0 Å². The zero-order chi connectivity index (χ0) is 12.2. The summed E-state index contributed by atoms with van der Waals surface area (Å²) in [6.45, 7) is 4.44. The minimum absolute atomic E-state index is 0.222. The van der Waals surface area contributed by atoms with E-state index in [2.05, 4.69) is 21.2 Å². The first kappa shape index (κ1) is 13.3. The Labute approximate surface area is 104 Å². The minimum atomic E-state index is -0.337. The van der Waals surface area contributed by atoms with E-state index in [1.165, 1.54) is 0 Å². The van der Waals surface area contributed by atoms with Gasteiger partial charge in [0.05, 0.1) is 5.54 Å². The lowest BCUT2D eigenvalue weighted by Crippen LogP contribution is -2.52. The summed E-state index contributed by atoms with van der Waals surface area (Å²) in [5.41, 5.74) is 5.37. The number of nitrogens with one attached hydrogen (secondary N) is 1. The van der Waals surface area contributed by atoms with Crippen LogP contribution in [0.15, 0.2) is 21.2 Å². The Bertz CT molecular complexity index is 350. The van der Waals surface area contributed by atoms with Gasteiger partial charge in [-0.05, 0) is 40.9 Å². The average Bonchev–Trinajstić information content (AvgIpc) is 2.73. The number of amides is 1. The lowest BCUT2D eigenvalue weighted by Gasteiger charge is -2.30. The van der Waals surface area contributed by atoms with Gasteiger partial charge in [-0.15, -0.1) is 0 Å². The van der Waals surface area contributed by atoms with E-state index in [9.17, 15) is 4.79 Å². The van der Waals surface area contributed by atoms with Crippen molar-refractivity contribution in [3.8, 4) is 0 Å². The highest BCUT2D eigenvalue weighted by atomic mass is 79.9. The second-order valence-corrected chi connectivity index (χ2v) is 4.53. The number of furan rings is 1. The Hall–Kier alpha value is -0.810. The maximum atomic E-state index is 11.9. The number of nitrogens with two attached hydrogens (primary N) is 1. The van der Waals surface area contributed by atoms with Crippen LogP contribution < -0.4 is 11.1 Å². The smallest absolute Gasteiger partial charge is 0.287 e. The van der Waals surface area contributed by atoms with Gasteiger partial charge in [0.1, 0.15) is 0 Å². The highest BCUT2D eigenvalue weighted by Crippen LogP contribution is 2.17. The fourth-order valence-electron chi connectivity index (χ4n) is 1.51. The van der Waals surface area contributed by atoms with E-state index >= 15 is 0 Å². The summed E-state index contributed by atoms with van der Waals surface area (Å²) in [5, 5.41) is 2.93. The lowest BCUT2D eigenvalue weighted by atomic mass is 9.93. The van der Waals surface area contributed by atoms with Crippen molar-refractivity contribution in [1.82, 2.24) is 5.32 Å². The van der Waals surface area contributed by atoms with Crippen molar-refractivity contribution >= 4 is 21.8 Å². The number of halogens is 1. The molecule has 1 amide bonds. The predicted octanol–water partition coefficient (Wildman–Crippen LogP) is 2.29. The zero-order valence-corrected chi connectivity index (χ0v) is 11.1. The molecule has 0 fully saturated rings. The van der Waals surface area contributed by atoms with Crippen LogP contribution in [0.3, 0.4) is 0 Å². The SMILES string of the molecule is CCC(CC)(CN)NC(=O)c1ccc(Br)o1. The Morgan fingerprint density at radius 3 is 2.50 bits per heavy atom. The molecule has 1 heterocycles. The molecule has 0 aliphatic rings. The van der Waals surface area contributed by atoms with Gasteiger partial charge in [0, 0.05) is 6.54 Å². The molecule has 0 saturated carbocycles. The predicted molar refractivity (Wildman–Crippen MR) is 66.2 cm³/mol. The minimum Gasteiger partial charge on any atom is -0.444 e. The van der Waals surface area contributed by atoms with Crippen molar-refractivity contribution in [2.24, 2.45) is 5.73 Å². The Morgan fingerprint density at radius 1 is 1.50 bits per heavy atom. The van der Waals surface area contributed by atoms with Gasteiger partial charge in [-0.2, -0.15) is 0 Å². The van der Waals surface area contributed by atoms with Crippen LogP contribution in [0.1, 0.15) is 37.2 Å². The molecule has 3 N–H and O–H groups in total. The highest BCUT2D eigenvalue weighted by Gasteiger charge is 2.27.